The average molecular weight is 582 g/mol. The van der Waals surface area contributed by atoms with Gasteiger partial charge in [0.1, 0.15) is 23.1 Å². The molecule has 0 bridgehead atoms. The standard InChI is InChI=1S/C31H30ClF2N3O2S/c1-18(29-28(32)27-23(33)10-11-24(34)30(27)40-29)37(22-7-5-4-6-8-22)17-21-15-19(9-12-26(21)39-3)20-13-14-36-25(16-20)31(38)35-2/h9-16,22H,1,4-8,17H2,2-3H3,(H,35,38). The molecule has 2 aromatic heterocycles. The van der Waals surface area contributed by atoms with Crippen LogP contribution in [-0.2, 0) is 6.54 Å². The van der Waals surface area contributed by atoms with E-state index in [-0.39, 0.29) is 27.1 Å². The molecule has 0 atom stereocenters. The van der Waals surface area contributed by atoms with Crippen molar-refractivity contribution in [3.8, 4) is 16.9 Å². The predicted octanol–water partition coefficient (Wildman–Crippen LogP) is 8.07. The van der Waals surface area contributed by atoms with Gasteiger partial charge in [0.2, 0.25) is 0 Å². The Labute approximate surface area is 241 Å². The number of hydrogen-bond donors (Lipinski definition) is 1. The zero-order valence-corrected chi connectivity index (χ0v) is 24.0. The second-order valence-electron chi connectivity index (χ2n) is 9.88. The SMILES string of the molecule is C=C(c1sc2c(F)ccc(F)c2c1Cl)N(Cc1cc(-c2ccnc(C(=O)NC)c2)ccc1OC)C1CCCCC1. The van der Waals surface area contributed by atoms with Crippen molar-refractivity contribution in [1.82, 2.24) is 15.2 Å². The molecular weight excluding hydrogens is 552 g/mol. The van der Waals surface area contributed by atoms with Gasteiger partial charge in [-0.15, -0.1) is 11.3 Å². The maximum Gasteiger partial charge on any atom is 0.269 e. The van der Waals surface area contributed by atoms with Crippen molar-refractivity contribution >= 4 is 44.6 Å². The highest BCUT2D eigenvalue weighted by molar-refractivity contribution is 7.20. The Bertz CT molecular complexity index is 1580. The minimum Gasteiger partial charge on any atom is -0.496 e. The summed E-state index contributed by atoms with van der Waals surface area (Å²) >= 11 is 7.81. The molecule has 40 heavy (non-hydrogen) atoms. The fourth-order valence-corrected chi connectivity index (χ4v) is 6.94. The van der Waals surface area contributed by atoms with E-state index in [1.54, 1.807) is 26.4 Å². The summed E-state index contributed by atoms with van der Waals surface area (Å²) in [6, 6.07) is 11.9. The van der Waals surface area contributed by atoms with Gasteiger partial charge in [0.05, 0.1) is 27.1 Å². The van der Waals surface area contributed by atoms with E-state index in [4.69, 9.17) is 16.3 Å². The number of hydrogen-bond acceptors (Lipinski definition) is 5. The van der Waals surface area contributed by atoms with Crippen molar-refractivity contribution in [2.45, 2.75) is 44.7 Å². The van der Waals surface area contributed by atoms with Gasteiger partial charge in [0, 0.05) is 37.1 Å². The number of pyridine rings is 1. The lowest BCUT2D eigenvalue weighted by atomic mass is 9.93. The van der Waals surface area contributed by atoms with E-state index in [2.05, 4.69) is 21.8 Å². The normalized spacial score (nSPS) is 13.8. The van der Waals surface area contributed by atoms with E-state index < -0.39 is 11.6 Å². The Kier molecular flexibility index (Phi) is 8.38. The number of benzene rings is 2. The van der Waals surface area contributed by atoms with Gasteiger partial charge >= 0.3 is 0 Å². The van der Waals surface area contributed by atoms with Gasteiger partial charge in [-0.2, -0.15) is 0 Å². The molecule has 2 heterocycles. The molecule has 208 valence electrons. The topological polar surface area (TPSA) is 54.5 Å². The molecular formula is C31H30ClF2N3O2S. The van der Waals surface area contributed by atoms with Crippen LogP contribution in [0.5, 0.6) is 5.75 Å². The van der Waals surface area contributed by atoms with E-state index in [9.17, 15) is 13.6 Å². The number of ether oxygens (including phenoxy) is 1. The Morgan fingerprint density at radius 1 is 1.12 bits per heavy atom. The number of halogens is 3. The number of thiophene rings is 1. The van der Waals surface area contributed by atoms with Gasteiger partial charge in [0.25, 0.3) is 5.91 Å². The van der Waals surface area contributed by atoms with Gasteiger partial charge in [-0.3, -0.25) is 9.78 Å². The molecule has 0 radical (unpaired) electrons. The minimum absolute atomic E-state index is 0.0931. The van der Waals surface area contributed by atoms with Crippen LogP contribution in [0.1, 0.15) is 53.0 Å². The van der Waals surface area contributed by atoms with Crippen LogP contribution in [0.3, 0.4) is 0 Å². The van der Waals surface area contributed by atoms with E-state index in [1.807, 2.05) is 24.3 Å². The molecule has 2 aromatic carbocycles. The molecule has 1 aliphatic rings. The molecule has 1 fully saturated rings. The Balaban J connectivity index is 1.56. The number of carbonyl (C=O) groups excluding carboxylic acids is 1. The molecule has 5 nitrogen and oxygen atoms in total. The van der Waals surface area contributed by atoms with Crippen molar-refractivity contribution in [3.05, 3.63) is 88.0 Å². The van der Waals surface area contributed by atoms with Crippen LogP contribution in [0.15, 0.2) is 55.2 Å². The molecule has 9 heteroatoms. The minimum atomic E-state index is -0.552. The number of nitrogens with one attached hydrogen (secondary N) is 1. The molecule has 4 aromatic rings. The maximum atomic E-state index is 14.7. The summed E-state index contributed by atoms with van der Waals surface area (Å²) in [6.07, 6.45) is 6.92. The zero-order chi connectivity index (χ0) is 28.4. The zero-order valence-electron chi connectivity index (χ0n) is 22.4. The van der Waals surface area contributed by atoms with Gasteiger partial charge in [0.15, 0.2) is 0 Å². The van der Waals surface area contributed by atoms with Gasteiger partial charge < -0.3 is 15.0 Å². The van der Waals surface area contributed by atoms with Crippen LogP contribution >= 0.6 is 22.9 Å². The van der Waals surface area contributed by atoms with Crippen LogP contribution in [0.25, 0.3) is 26.9 Å². The fourth-order valence-electron chi connectivity index (χ4n) is 5.38. The fraction of sp³-hybridized carbons (Fsp3) is 0.290. The first kappa shape index (κ1) is 28.1. The second kappa shape index (κ2) is 11.9. The predicted molar refractivity (Wildman–Crippen MR) is 158 cm³/mol. The third kappa shape index (κ3) is 5.43. The quantitative estimate of drug-likeness (QED) is 0.229. The molecule has 0 unspecified atom stereocenters. The summed E-state index contributed by atoms with van der Waals surface area (Å²) in [5, 5.41) is 2.88. The smallest absolute Gasteiger partial charge is 0.269 e. The molecule has 5 rings (SSSR count). The molecule has 1 aliphatic carbocycles. The first-order chi connectivity index (χ1) is 19.3. The van der Waals surface area contributed by atoms with Gasteiger partial charge in [-0.1, -0.05) is 43.5 Å². The first-order valence-electron chi connectivity index (χ1n) is 13.2. The summed E-state index contributed by atoms with van der Waals surface area (Å²) < 4.78 is 35.2. The van der Waals surface area contributed by atoms with E-state index in [0.29, 0.717) is 28.6 Å². The first-order valence-corrected chi connectivity index (χ1v) is 14.4. The maximum absolute atomic E-state index is 14.7. The molecule has 0 saturated heterocycles. The highest BCUT2D eigenvalue weighted by Gasteiger charge is 2.28. The number of carbonyl (C=O) groups is 1. The third-order valence-electron chi connectivity index (χ3n) is 7.48. The third-order valence-corrected chi connectivity index (χ3v) is 9.22. The Morgan fingerprint density at radius 3 is 2.55 bits per heavy atom. The lowest BCUT2D eigenvalue weighted by Crippen LogP contribution is -2.34. The van der Waals surface area contributed by atoms with Crippen molar-refractivity contribution in [2.24, 2.45) is 0 Å². The van der Waals surface area contributed by atoms with Crippen molar-refractivity contribution in [2.75, 3.05) is 14.2 Å². The molecule has 0 spiro atoms. The van der Waals surface area contributed by atoms with Crippen molar-refractivity contribution in [3.63, 3.8) is 0 Å². The Hall–Kier alpha value is -3.49. The molecule has 1 N–H and O–H groups in total. The van der Waals surface area contributed by atoms with Gasteiger partial charge in [-0.25, -0.2) is 8.78 Å². The number of methoxy groups -OCH3 is 1. The largest absolute Gasteiger partial charge is 0.496 e. The second-order valence-corrected chi connectivity index (χ2v) is 11.3. The summed E-state index contributed by atoms with van der Waals surface area (Å²) in [5.74, 6) is -0.612. The highest BCUT2D eigenvalue weighted by atomic mass is 35.5. The Morgan fingerprint density at radius 2 is 1.85 bits per heavy atom. The van der Waals surface area contributed by atoms with Crippen LogP contribution < -0.4 is 10.1 Å². The molecule has 0 aliphatic heterocycles. The van der Waals surface area contributed by atoms with Gasteiger partial charge in [-0.05, 0) is 60.4 Å². The molecule has 1 saturated carbocycles. The summed E-state index contributed by atoms with van der Waals surface area (Å²) in [6.45, 7) is 4.86. The monoisotopic (exact) mass is 581 g/mol. The number of nitrogens with zero attached hydrogens (tertiary/aromatic N) is 2. The molecule has 1 amide bonds. The number of fused-ring (bicyclic) bond motifs is 1. The van der Waals surface area contributed by atoms with Crippen LogP contribution in [0.4, 0.5) is 8.78 Å². The van der Waals surface area contributed by atoms with Crippen LogP contribution in [0, 0.1) is 11.6 Å². The summed E-state index contributed by atoms with van der Waals surface area (Å²) in [5.41, 5.74) is 3.63. The lowest BCUT2D eigenvalue weighted by Gasteiger charge is -2.37. The van der Waals surface area contributed by atoms with E-state index >= 15 is 0 Å². The van der Waals surface area contributed by atoms with Crippen LogP contribution in [0.2, 0.25) is 5.02 Å². The number of rotatable bonds is 8. The van der Waals surface area contributed by atoms with Crippen molar-refractivity contribution in [1.29, 1.82) is 0 Å². The summed E-state index contributed by atoms with van der Waals surface area (Å²) in [7, 11) is 3.20. The number of amides is 1. The van der Waals surface area contributed by atoms with Crippen LogP contribution in [-0.4, -0.2) is 36.0 Å². The number of aromatic nitrogens is 1. The lowest BCUT2D eigenvalue weighted by molar-refractivity contribution is 0.0958. The summed E-state index contributed by atoms with van der Waals surface area (Å²) in [4.78, 5) is 19.1. The average Bonchev–Trinajstić information content (AvgIpc) is 3.35. The highest BCUT2D eigenvalue weighted by Crippen LogP contribution is 2.44. The van der Waals surface area contributed by atoms with Crippen molar-refractivity contribution < 1.29 is 18.3 Å². The van der Waals surface area contributed by atoms with E-state index in [0.717, 1.165) is 65.8 Å². The van der Waals surface area contributed by atoms with E-state index in [1.165, 1.54) is 6.42 Å².